The van der Waals surface area contributed by atoms with Crippen molar-refractivity contribution < 1.29 is 19.4 Å². The predicted molar refractivity (Wildman–Crippen MR) is 82.9 cm³/mol. The van der Waals surface area contributed by atoms with Gasteiger partial charge in [0.25, 0.3) is 0 Å². The molecule has 1 aromatic heterocycles. The number of carbonyl (C=O) groups is 1. The van der Waals surface area contributed by atoms with Crippen molar-refractivity contribution in [2.45, 2.75) is 52.9 Å². The lowest BCUT2D eigenvalue weighted by atomic mass is 10.4. The molecule has 0 bridgehead atoms. The van der Waals surface area contributed by atoms with Gasteiger partial charge in [-0.25, -0.2) is 9.78 Å². The second kappa shape index (κ2) is 7.72. The zero-order valence-electron chi connectivity index (χ0n) is 13.6. The molecule has 7 heteroatoms. The minimum Gasteiger partial charge on any atom is -0.460 e. The fourth-order valence-corrected chi connectivity index (χ4v) is 2.53. The van der Waals surface area contributed by atoms with Crippen molar-refractivity contribution in [2.75, 3.05) is 13.2 Å². The van der Waals surface area contributed by atoms with Crippen LogP contribution in [0.25, 0.3) is 0 Å². The van der Waals surface area contributed by atoms with Crippen LogP contribution in [0.15, 0.2) is 0 Å². The van der Waals surface area contributed by atoms with E-state index in [1.165, 1.54) is 0 Å². The molecule has 0 spiro atoms. The van der Waals surface area contributed by atoms with Crippen molar-refractivity contribution in [1.29, 1.82) is 0 Å². The van der Waals surface area contributed by atoms with Gasteiger partial charge in [0.2, 0.25) is 5.82 Å². The first-order valence-electron chi connectivity index (χ1n) is 7.22. The van der Waals surface area contributed by atoms with Gasteiger partial charge >= 0.3 is 5.97 Å². The van der Waals surface area contributed by atoms with Crippen LogP contribution in [0.4, 0.5) is 0 Å². The number of imidazole rings is 1. The molecule has 0 amide bonds. The van der Waals surface area contributed by atoms with Crippen LogP contribution in [0, 0.1) is 6.92 Å². The van der Waals surface area contributed by atoms with Crippen LogP contribution >= 0.6 is 0 Å². The molecule has 1 N–H and O–H groups in total. The number of hydrogen-bond acceptors (Lipinski definition) is 5. The molecule has 1 heterocycles. The van der Waals surface area contributed by atoms with Crippen molar-refractivity contribution in [3.8, 4) is 0 Å². The minimum absolute atomic E-state index is 0.186. The number of aliphatic hydroxyl groups is 1. The fourth-order valence-electron chi connectivity index (χ4n) is 1.78. The Kier molecular flexibility index (Phi) is 6.57. The lowest BCUT2D eigenvalue weighted by Gasteiger charge is -2.16. The van der Waals surface area contributed by atoms with E-state index in [0.717, 1.165) is 11.7 Å². The summed E-state index contributed by atoms with van der Waals surface area (Å²) in [5.74, 6) is -0.305. The highest BCUT2D eigenvalue weighted by Crippen LogP contribution is 2.14. The summed E-state index contributed by atoms with van der Waals surface area (Å²) in [6.07, 6.45) is 0. The summed E-state index contributed by atoms with van der Waals surface area (Å²) in [7, 11) is -1.14. The molecular weight excluding hydrogens is 288 g/mol. The van der Waals surface area contributed by atoms with E-state index in [4.69, 9.17) is 9.47 Å². The highest BCUT2D eigenvalue weighted by Gasteiger charge is 2.20. The molecule has 0 atom stereocenters. The molecule has 0 saturated heterocycles. The molecule has 0 saturated carbocycles. The average molecular weight is 314 g/mol. The molecule has 1 rings (SSSR count). The standard InChI is InChI=1S/C14H26N2O4Si/c1-6-20-14(18)13-15-12(9-17)11(2)16(13)10-19-7-8-21(3,4)5/h17H,6-10H2,1-5H3. The third kappa shape index (κ3) is 5.26. The molecule has 0 aromatic carbocycles. The molecular formula is C14H26N2O4Si. The van der Waals surface area contributed by atoms with Crippen molar-refractivity contribution in [3.63, 3.8) is 0 Å². The second-order valence-corrected chi connectivity index (χ2v) is 11.7. The molecule has 6 nitrogen and oxygen atoms in total. The van der Waals surface area contributed by atoms with E-state index in [1.807, 2.05) is 6.92 Å². The first kappa shape index (κ1) is 17.9. The van der Waals surface area contributed by atoms with Gasteiger partial charge in [-0.05, 0) is 19.9 Å². The maximum Gasteiger partial charge on any atom is 0.374 e. The normalized spacial score (nSPS) is 11.7. The number of esters is 1. The van der Waals surface area contributed by atoms with Crippen molar-refractivity contribution >= 4 is 14.0 Å². The third-order valence-corrected chi connectivity index (χ3v) is 4.85. The molecule has 0 aliphatic carbocycles. The maximum absolute atomic E-state index is 11.9. The Labute approximate surface area is 127 Å². The highest BCUT2D eigenvalue weighted by molar-refractivity contribution is 6.76. The molecule has 0 fully saturated rings. The van der Waals surface area contributed by atoms with Crippen LogP contribution in [0.1, 0.15) is 28.9 Å². The van der Waals surface area contributed by atoms with Crippen LogP contribution in [0.5, 0.6) is 0 Å². The molecule has 0 aliphatic rings. The predicted octanol–water partition coefficient (Wildman–Crippen LogP) is 2.17. The van der Waals surface area contributed by atoms with Crippen molar-refractivity contribution in [2.24, 2.45) is 0 Å². The van der Waals surface area contributed by atoms with E-state index in [-0.39, 0.29) is 25.8 Å². The highest BCUT2D eigenvalue weighted by atomic mass is 28.3. The monoisotopic (exact) mass is 314 g/mol. The average Bonchev–Trinajstić information content (AvgIpc) is 2.71. The van der Waals surface area contributed by atoms with E-state index in [9.17, 15) is 9.90 Å². The summed E-state index contributed by atoms with van der Waals surface area (Å²) in [5, 5.41) is 9.28. The summed E-state index contributed by atoms with van der Waals surface area (Å²) in [5.41, 5.74) is 1.21. The summed E-state index contributed by atoms with van der Waals surface area (Å²) < 4.78 is 12.3. The Bertz CT molecular complexity index is 480. The number of carbonyl (C=O) groups excluding carboxylic acids is 1. The second-order valence-electron chi connectivity index (χ2n) is 6.12. The Morgan fingerprint density at radius 1 is 1.38 bits per heavy atom. The summed E-state index contributed by atoms with van der Waals surface area (Å²) in [6.45, 7) is 11.4. The van der Waals surface area contributed by atoms with Gasteiger partial charge in [0.05, 0.1) is 18.9 Å². The summed E-state index contributed by atoms with van der Waals surface area (Å²) in [4.78, 5) is 16.0. The van der Waals surface area contributed by atoms with Gasteiger partial charge in [0, 0.05) is 20.4 Å². The summed E-state index contributed by atoms with van der Waals surface area (Å²) in [6, 6.07) is 1.06. The van der Waals surface area contributed by atoms with Gasteiger partial charge in [0.1, 0.15) is 6.73 Å². The van der Waals surface area contributed by atoms with Crippen LogP contribution in [0.3, 0.4) is 0 Å². The van der Waals surface area contributed by atoms with Crippen LogP contribution in [-0.4, -0.2) is 41.9 Å². The number of hydrogen-bond donors (Lipinski definition) is 1. The SMILES string of the molecule is CCOC(=O)c1nc(CO)c(C)n1COCC[Si](C)(C)C. The molecule has 0 aliphatic heterocycles. The lowest BCUT2D eigenvalue weighted by Crippen LogP contribution is -2.22. The lowest BCUT2D eigenvalue weighted by molar-refractivity contribution is 0.0461. The van der Waals surface area contributed by atoms with Gasteiger partial charge in [-0.2, -0.15) is 0 Å². The van der Waals surface area contributed by atoms with Crippen LogP contribution in [0.2, 0.25) is 25.7 Å². The van der Waals surface area contributed by atoms with Gasteiger partial charge in [-0.1, -0.05) is 19.6 Å². The van der Waals surface area contributed by atoms with E-state index in [1.54, 1.807) is 11.5 Å². The number of rotatable bonds is 8. The zero-order valence-corrected chi connectivity index (χ0v) is 14.6. The topological polar surface area (TPSA) is 73.6 Å². The minimum atomic E-state index is -1.14. The van der Waals surface area contributed by atoms with Crippen molar-refractivity contribution in [1.82, 2.24) is 9.55 Å². The smallest absolute Gasteiger partial charge is 0.374 e. The number of aliphatic hydroxyl groups excluding tert-OH is 1. The third-order valence-electron chi connectivity index (χ3n) is 3.14. The number of ether oxygens (including phenoxy) is 2. The van der Waals surface area contributed by atoms with E-state index < -0.39 is 14.0 Å². The molecule has 1 aromatic rings. The van der Waals surface area contributed by atoms with Crippen LogP contribution in [-0.2, 0) is 22.8 Å². The van der Waals surface area contributed by atoms with Gasteiger partial charge in [-0.3, -0.25) is 4.57 Å². The number of nitrogens with zero attached hydrogens (tertiary/aromatic N) is 2. The largest absolute Gasteiger partial charge is 0.460 e. The first-order chi connectivity index (χ1) is 9.80. The summed E-state index contributed by atoms with van der Waals surface area (Å²) >= 11 is 0. The Morgan fingerprint density at radius 2 is 2.05 bits per heavy atom. The van der Waals surface area contributed by atoms with Gasteiger partial charge < -0.3 is 14.6 Å². The van der Waals surface area contributed by atoms with Crippen molar-refractivity contribution in [3.05, 3.63) is 17.2 Å². The molecule has 21 heavy (non-hydrogen) atoms. The fraction of sp³-hybridized carbons (Fsp3) is 0.714. The molecule has 0 unspecified atom stereocenters. The quantitative estimate of drug-likeness (QED) is 0.452. The first-order valence-corrected chi connectivity index (χ1v) is 10.9. The maximum atomic E-state index is 11.9. The molecule has 120 valence electrons. The van der Waals surface area contributed by atoms with E-state index >= 15 is 0 Å². The van der Waals surface area contributed by atoms with Gasteiger partial charge in [-0.15, -0.1) is 0 Å². The van der Waals surface area contributed by atoms with E-state index in [2.05, 4.69) is 24.6 Å². The number of aromatic nitrogens is 2. The molecule has 0 radical (unpaired) electrons. The Hall–Kier alpha value is -1.18. The van der Waals surface area contributed by atoms with Crippen LogP contribution < -0.4 is 0 Å². The Morgan fingerprint density at radius 3 is 2.57 bits per heavy atom. The van der Waals surface area contributed by atoms with E-state index in [0.29, 0.717) is 12.3 Å². The zero-order chi connectivity index (χ0) is 16.0. The van der Waals surface area contributed by atoms with Gasteiger partial charge in [0.15, 0.2) is 0 Å². The Balaban J connectivity index is 2.79.